The fourth-order valence-electron chi connectivity index (χ4n) is 2.25. The molecule has 1 saturated carbocycles. The highest BCUT2D eigenvalue weighted by molar-refractivity contribution is 5.26. The van der Waals surface area contributed by atoms with Crippen molar-refractivity contribution in [1.29, 1.82) is 0 Å². The standard InChI is InChI=1S/C14H20FN/c1-10-7-12(9-13(15)8-10)14(16-2)6-5-11-3-4-11/h7-9,11,14,16H,3-6H2,1-2H3. The quantitative estimate of drug-likeness (QED) is 0.801. The molecule has 1 nitrogen and oxygen atoms in total. The fraction of sp³-hybridized carbons (Fsp3) is 0.571. The number of nitrogens with one attached hydrogen (secondary N) is 1. The van der Waals surface area contributed by atoms with Gasteiger partial charge in [-0.25, -0.2) is 4.39 Å². The molecule has 1 aromatic carbocycles. The van der Waals surface area contributed by atoms with Gasteiger partial charge in [0.1, 0.15) is 5.82 Å². The van der Waals surface area contributed by atoms with Crippen LogP contribution in [0.4, 0.5) is 4.39 Å². The van der Waals surface area contributed by atoms with Crippen molar-refractivity contribution in [3.63, 3.8) is 0 Å². The highest BCUT2D eigenvalue weighted by atomic mass is 19.1. The molecule has 1 aromatic rings. The van der Waals surface area contributed by atoms with Crippen molar-refractivity contribution in [1.82, 2.24) is 5.32 Å². The number of hydrogen-bond donors (Lipinski definition) is 1. The van der Waals surface area contributed by atoms with E-state index in [9.17, 15) is 4.39 Å². The Balaban J connectivity index is 2.04. The van der Waals surface area contributed by atoms with Crippen molar-refractivity contribution >= 4 is 0 Å². The van der Waals surface area contributed by atoms with Gasteiger partial charge in [-0.3, -0.25) is 0 Å². The maximum absolute atomic E-state index is 13.3. The molecule has 2 heteroatoms. The molecular formula is C14H20FN. The third kappa shape index (κ3) is 3.05. The highest BCUT2D eigenvalue weighted by Gasteiger charge is 2.22. The van der Waals surface area contributed by atoms with Gasteiger partial charge in [0, 0.05) is 6.04 Å². The van der Waals surface area contributed by atoms with E-state index in [2.05, 4.69) is 11.4 Å². The van der Waals surface area contributed by atoms with E-state index in [0.717, 1.165) is 23.5 Å². The fourth-order valence-corrected chi connectivity index (χ4v) is 2.25. The first kappa shape index (κ1) is 11.6. The minimum atomic E-state index is -0.123. The molecule has 88 valence electrons. The molecule has 1 fully saturated rings. The van der Waals surface area contributed by atoms with Gasteiger partial charge in [0.05, 0.1) is 0 Å². The van der Waals surface area contributed by atoms with Crippen LogP contribution in [-0.4, -0.2) is 7.05 Å². The van der Waals surface area contributed by atoms with Gasteiger partial charge in [0.2, 0.25) is 0 Å². The molecule has 1 aliphatic rings. The average molecular weight is 221 g/mol. The molecule has 1 N–H and O–H groups in total. The first-order valence-corrected chi connectivity index (χ1v) is 6.13. The zero-order valence-corrected chi connectivity index (χ0v) is 10.1. The predicted molar refractivity (Wildman–Crippen MR) is 64.9 cm³/mol. The molecule has 1 aliphatic carbocycles. The van der Waals surface area contributed by atoms with Gasteiger partial charge < -0.3 is 5.32 Å². The van der Waals surface area contributed by atoms with Crippen LogP contribution in [0.5, 0.6) is 0 Å². The van der Waals surface area contributed by atoms with Crippen LogP contribution in [0.1, 0.15) is 42.9 Å². The first-order valence-electron chi connectivity index (χ1n) is 6.13. The second-order valence-electron chi connectivity index (χ2n) is 4.92. The Morgan fingerprint density at radius 1 is 1.38 bits per heavy atom. The van der Waals surface area contributed by atoms with Crippen LogP contribution in [0.15, 0.2) is 18.2 Å². The molecule has 0 spiro atoms. The van der Waals surface area contributed by atoms with E-state index >= 15 is 0 Å². The van der Waals surface area contributed by atoms with Crippen molar-refractivity contribution in [3.05, 3.63) is 35.1 Å². The lowest BCUT2D eigenvalue weighted by Gasteiger charge is -2.17. The molecule has 1 atom stereocenters. The molecule has 0 saturated heterocycles. The number of rotatable bonds is 5. The summed E-state index contributed by atoms with van der Waals surface area (Å²) in [5, 5.41) is 3.29. The molecule has 0 aromatic heterocycles. The minimum Gasteiger partial charge on any atom is -0.313 e. The van der Waals surface area contributed by atoms with Crippen LogP contribution >= 0.6 is 0 Å². The Morgan fingerprint density at radius 2 is 2.12 bits per heavy atom. The molecule has 0 heterocycles. The van der Waals surface area contributed by atoms with Crippen molar-refractivity contribution in [3.8, 4) is 0 Å². The van der Waals surface area contributed by atoms with Crippen LogP contribution in [0.3, 0.4) is 0 Å². The van der Waals surface area contributed by atoms with Crippen molar-refractivity contribution in [2.24, 2.45) is 5.92 Å². The summed E-state index contributed by atoms with van der Waals surface area (Å²) in [5.41, 5.74) is 2.09. The molecule has 0 aliphatic heterocycles. The summed E-state index contributed by atoms with van der Waals surface area (Å²) < 4.78 is 13.3. The molecule has 2 rings (SSSR count). The summed E-state index contributed by atoms with van der Waals surface area (Å²) in [6.45, 7) is 1.94. The van der Waals surface area contributed by atoms with Crippen LogP contribution in [0, 0.1) is 18.7 Å². The molecule has 0 radical (unpaired) electrons. The minimum absolute atomic E-state index is 0.123. The molecule has 0 amide bonds. The lowest BCUT2D eigenvalue weighted by molar-refractivity contribution is 0.502. The Bertz CT molecular complexity index is 338. The smallest absolute Gasteiger partial charge is 0.123 e. The molecule has 16 heavy (non-hydrogen) atoms. The SMILES string of the molecule is CNC(CCC1CC1)c1cc(C)cc(F)c1. The first-order chi connectivity index (χ1) is 7.69. The van der Waals surface area contributed by atoms with Gasteiger partial charge >= 0.3 is 0 Å². The van der Waals surface area contributed by atoms with Gasteiger partial charge in [0.15, 0.2) is 0 Å². The predicted octanol–water partition coefficient (Wildman–Crippen LogP) is 3.58. The Hall–Kier alpha value is -0.890. The van der Waals surface area contributed by atoms with E-state index < -0.39 is 0 Å². The van der Waals surface area contributed by atoms with E-state index in [1.54, 1.807) is 12.1 Å². The van der Waals surface area contributed by atoms with E-state index in [1.165, 1.54) is 19.3 Å². The number of hydrogen-bond acceptors (Lipinski definition) is 1. The van der Waals surface area contributed by atoms with E-state index in [0.29, 0.717) is 6.04 Å². The summed E-state index contributed by atoms with van der Waals surface area (Å²) in [6.07, 6.45) is 5.16. The lowest BCUT2D eigenvalue weighted by atomic mass is 9.99. The zero-order valence-electron chi connectivity index (χ0n) is 10.1. The van der Waals surface area contributed by atoms with Gasteiger partial charge in [-0.1, -0.05) is 18.9 Å². The molecular weight excluding hydrogens is 201 g/mol. The van der Waals surface area contributed by atoms with Crippen LogP contribution in [0.2, 0.25) is 0 Å². The maximum atomic E-state index is 13.3. The Labute approximate surface area is 97.1 Å². The van der Waals surface area contributed by atoms with Gasteiger partial charge in [-0.15, -0.1) is 0 Å². The van der Waals surface area contributed by atoms with Crippen LogP contribution in [0.25, 0.3) is 0 Å². The summed E-state index contributed by atoms with van der Waals surface area (Å²) >= 11 is 0. The van der Waals surface area contributed by atoms with Gasteiger partial charge in [-0.05, 0) is 56.0 Å². The third-order valence-corrected chi connectivity index (χ3v) is 3.38. The van der Waals surface area contributed by atoms with E-state index in [1.807, 2.05) is 14.0 Å². The second-order valence-corrected chi connectivity index (χ2v) is 4.92. The topological polar surface area (TPSA) is 12.0 Å². The number of halogens is 1. The normalized spacial score (nSPS) is 17.4. The summed E-state index contributed by atoms with van der Waals surface area (Å²) in [5.74, 6) is 0.812. The van der Waals surface area contributed by atoms with Crippen molar-refractivity contribution < 1.29 is 4.39 Å². The van der Waals surface area contributed by atoms with E-state index in [-0.39, 0.29) is 5.82 Å². The molecule has 1 unspecified atom stereocenters. The largest absolute Gasteiger partial charge is 0.313 e. The summed E-state index contributed by atoms with van der Waals surface area (Å²) in [4.78, 5) is 0. The lowest BCUT2D eigenvalue weighted by Crippen LogP contribution is -2.16. The third-order valence-electron chi connectivity index (χ3n) is 3.38. The highest BCUT2D eigenvalue weighted by Crippen LogP contribution is 2.35. The van der Waals surface area contributed by atoms with Crippen molar-refractivity contribution in [2.75, 3.05) is 7.05 Å². The summed E-state index contributed by atoms with van der Waals surface area (Å²) in [7, 11) is 1.96. The van der Waals surface area contributed by atoms with Crippen LogP contribution < -0.4 is 5.32 Å². The monoisotopic (exact) mass is 221 g/mol. The average Bonchev–Trinajstić information content (AvgIpc) is 3.01. The van der Waals surface area contributed by atoms with Gasteiger partial charge in [0.25, 0.3) is 0 Å². The van der Waals surface area contributed by atoms with Crippen molar-refractivity contribution in [2.45, 2.75) is 38.6 Å². The Morgan fingerprint density at radius 3 is 2.69 bits per heavy atom. The summed E-state index contributed by atoms with van der Waals surface area (Å²) in [6, 6.07) is 5.62. The molecule has 0 bridgehead atoms. The zero-order chi connectivity index (χ0) is 11.5. The maximum Gasteiger partial charge on any atom is 0.123 e. The number of benzene rings is 1. The van der Waals surface area contributed by atoms with E-state index in [4.69, 9.17) is 0 Å². The number of aryl methyl sites for hydroxylation is 1. The van der Waals surface area contributed by atoms with Gasteiger partial charge in [-0.2, -0.15) is 0 Å². The Kier molecular flexibility index (Phi) is 3.59. The second kappa shape index (κ2) is 4.96. The van der Waals surface area contributed by atoms with Crippen LogP contribution in [-0.2, 0) is 0 Å².